The molecule has 2 aromatic carbocycles. The summed E-state index contributed by atoms with van der Waals surface area (Å²) in [6, 6.07) is 20.3. The lowest BCUT2D eigenvalue weighted by Gasteiger charge is -2.26. The summed E-state index contributed by atoms with van der Waals surface area (Å²) < 4.78 is 11.5. The van der Waals surface area contributed by atoms with Gasteiger partial charge in [0.05, 0.1) is 34.4 Å². The van der Waals surface area contributed by atoms with Crippen LogP contribution in [-0.2, 0) is 0 Å². The third-order valence-corrected chi connectivity index (χ3v) is 6.41. The molecule has 35 heavy (non-hydrogen) atoms. The summed E-state index contributed by atoms with van der Waals surface area (Å²) in [5, 5.41) is 15.8. The number of anilines is 1. The predicted octanol–water partition coefficient (Wildman–Crippen LogP) is 6.09. The van der Waals surface area contributed by atoms with Gasteiger partial charge >= 0.3 is 0 Å². The number of ether oxygens (including phenoxy) is 1. The quantitative estimate of drug-likeness (QED) is 0.191. The summed E-state index contributed by atoms with van der Waals surface area (Å²) in [6.07, 6.45) is 1.71. The van der Waals surface area contributed by atoms with Crippen molar-refractivity contribution in [1.82, 2.24) is 10.3 Å². The number of nitrogens with one attached hydrogen (secondary N) is 1. The third kappa shape index (κ3) is 4.20. The van der Waals surface area contributed by atoms with E-state index in [0.717, 1.165) is 11.4 Å². The van der Waals surface area contributed by atoms with Gasteiger partial charge in [0.15, 0.2) is 5.11 Å². The van der Waals surface area contributed by atoms with Crippen molar-refractivity contribution in [3.63, 3.8) is 0 Å². The number of nitro groups is 1. The first-order valence-electron chi connectivity index (χ1n) is 10.7. The molecule has 1 N–H and O–H groups in total. The van der Waals surface area contributed by atoms with E-state index in [2.05, 4.69) is 10.3 Å². The Morgan fingerprint density at radius 3 is 2.66 bits per heavy atom. The van der Waals surface area contributed by atoms with E-state index in [1.165, 1.54) is 6.07 Å². The van der Waals surface area contributed by atoms with E-state index in [0.29, 0.717) is 33.0 Å². The van der Waals surface area contributed by atoms with Gasteiger partial charge in [-0.15, -0.1) is 0 Å². The standard InChI is InChI=1S/C25H19ClN4O4S/c1-33-21-10-9-15(14-17(21)26)29-24(23(28-25(29)35)18-7-4-5-13-27-18)22-12-11-20(34-22)16-6-2-3-8-19(16)30(31)32/h2-14,23-24H,1H3,(H,28,35)/t23-,24-/m1/s1. The van der Waals surface area contributed by atoms with Crippen molar-refractivity contribution in [2.24, 2.45) is 0 Å². The lowest BCUT2D eigenvalue weighted by Crippen LogP contribution is -2.29. The van der Waals surface area contributed by atoms with Crippen molar-refractivity contribution >= 4 is 40.3 Å². The number of hydrogen-bond donors (Lipinski definition) is 1. The maximum atomic E-state index is 11.6. The molecule has 0 aliphatic carbocycles. The van der Waals surface area contributed by atoms with Gasteiger partial charge in [-0.3, -0.25) is 15.1 Å². The first-order chi connectivity index (χ1) is 17.0. The van der Waals surface area contributed by atoms with Crippen LogP contribution in [0.15, 0.2) is 83.4 Å². The molecule has 0 bridgehead atoms. The molecule has 4 aromatic rings. The number of aromatic nitrogens is 1. The van der Waals surface area contributed by atoms with E-state index in [1.54, 1.807) is 55.8 Å². The number of thiocarbonyl (C=S) groups is 1. The van der Waals surface area contributed by atoms with Crippen molar-refractivity contribution in [1.29, 1.82) is 0 Å². The first kappa shape index (κ1) is 22.8. The molecule has 0 unspecified atom stereocenters. The van der Waals surface area contributed by atoms with E-state index >= 15 is 0 Å². The Hall–Kier alpha value is -3.95. The molecule has 5 rings (SSSR count). The molecular weight excluding hydrogens is 488 g/mol. The second-order valence-corrected chi connectivity index (χ2v) is 8.59. The molecule has 1 fully saturated rings. The minimum Gasteiger partial charge on any atom is -0.495 e. The zero-order valence-corrected chi connectivity index (χ0v) is 20.0. The number of nitro benzene ring substituents is 1. The molecule has 0 amide bonds. The monoisotopic (exact) mass is 506 g/mol. The molecule has 1 aliphatic rings. The fraction of sp³-hybridized carbons (Fsp3) is 0.120. The zero-order chi connectivity index (χ0) is 24.5. The van der Waals surface area contributed by atoms with Crippen molar-refractivity contribution in [3.8, 4) is 17.1 Å². The SMILES string of the molecule is COc1ccc(N2C(=S)N[C@H](c3ccccn3)[C@H]2c2ccc(-c3ccccc3[N+](=O)[O-])o2)cc1Cl. The third-order valence-electron chi connectivity index (χ3n) is 5.80. The minimum absolute atomic E-state index is 0.0338. The highest BCUT2D eigenvalue weighted by Crippen LogP contribution is 2.44. The van der Waals surface area contributed by atoms with Gasteiger partial charge in [-0.2, -0.15) is 0 Å². The van der Waals surface area contributed by atoms with Crippen LogP contribution in [0.1, 0.15) is 23.5 Å². The number of rotatable bonds is 6. The molecule has 176 valence electrons. The van der Waals surface area contributed by atoms with Crippen LogP contribution in [0.5, 0.6) is 5.75 Å². The van der Waals surface area contributed by atoms with Gasteiger partial charge < -0.3 is 19.4 Å². The average Bonchev–Trinajstić information content (AvgIpc) is 3.49. The fourth-order valence-electron chi connectivity index (χ4n) is 4.22. The predicted molar refractivity (Wildman–Crippen MR) is 137 cm³/mol. The number of furan rings is 1. The number of halogens is 1. The molecule has 1 saturated heterocycles. The number of pyridine rings is 1. The van der Waals surface area contributed by atoms with Crippen LogP contribution >= 0.6 is 23.8 Å². The highest BCUT2D eigenvalue weighted by Gasteiger charge is 2.43. The zero-order valence-electron chi connectivity index (χ0n) is 18.4. The molecule has 2 atom stereocenters. The van der Waals surface area contributed by atoms with E-state index in [9.17, 15) is 10.1 Å². The second kappa shape index (κ2) is 9.36. The number of hydrogen-bond acceptors (Lipinski definition) is 6. The maximum Gasteiger partial charge on any atom is 0.280 e. The average molecular weight is 507 g/mol. The minimum atomic E-state index is -0.432. The van der Waals surface area contributed by atoms with Crippen LogP contribution in [0.4, 0.5) is 11.4 Å². The molecular formula is C25H19ClN4O4S. The lowest BCUT2D eigenvalue weighted by molar-refractivity contribution is -0.384. The van der Waals surface area contributed by atoms with Crippen LogP contribution in [-0.4, -0.2) is 22.1 Å². The highest BCUT2D eigenvalue weighted by atomic mass is 35.5. The number of para-hydroxylation sites is 1. The fourth-order valence-corrected chi connectivity index (χ4v) is 4.82. The lowest BCUT2D eigenvalue weighted by atomic mass is 10.0. The Balaban J connectivity index is 1.62. The van der Waals surface area contributed by atoms with Crippen molar-refractivity contribution < 1.29 is 14.1 Å². The largest absolute Gasteiger partial charge is 0.495 e. The van der Waals surface area contributed by atoms with E-state index in [4.69, 9.17) is 33.0 Å². The molecule has 3 heterocycles. The van der Waals surface area contributed by atoms with Crippen LogP contribution in [0.25, 0.3) is 11.3 Å². The van der Waals surface area contributed by atoms with Crippen LogP contribution in [0.3, 0.4) is 0 Å². The van der Waals surface area contributed by atoms with Crippen LogP contribution in [0, 0.1) is 10.1 Å². The Morgan fingerprint density at radius 2 is 1.94 bits per heavy atom. The van der Waals surface area contributed by atoms with Gasteiger partial charge in [0.1, 0.15) is 23.3 Å². The Bertz CT molecular complexity index is 1410. The van der Waals surface area contributed by atoms with E-state index in [1.807, 2.05) is 29.2 Å². The van der Waals surface area contributed by atoms with Gasteiger partial charge in [0, 0.05) is 18.0 Å². The van der Waals surface area contributed by atoms with Gasteiger partial charge in [0.2, 0.25) is 0 Å². The second-order valence-electron chi connectivity index (χ2n) is 7.79. The van der Waals surface area contributed by atoms with Crippen LogP contribution in [0.2, 0.25) is 5.02 Å². The molecule has 0 saturated carbocycles. The van der Waals surface area contributed by atoms with E-state index in [-0.39, 0.29) is 11.7 Å². The topological polar surface area (TPSA) is 93.7 Å². The summed E-state index contributed by atoms with van der Waals surface area (Å²) in [5.74, 6) is 1.49. The number of nitrogens with zero attached hydrogens (tertiary/aromatic N) is 3. The van der Waals surface area contributed by atoms with Crippen LogP contribution < -0.4 is 15.0 Å². The summed E-state index contributed by atoms with van der Waals surface area (Å²) >= 11 is 12.1. The van der Waals surface area contributed by atoms with Gasteiger partial charge in [-0.05, 0) is 60.7 Å². The number of benzene rings is 2. The van der Waals surface area contributed by atoms with Gasteiger partial charge in [-0.1, -0.05) is 29.8 Å². The Labute approximate surface area is 211 Å². The first-order valence-corrected chi connectivity index (χ1v) is 11.4. The smallest absolute Gasteiger partial charge is 0.280 e. The highest BCUT2D eigenvalue weighted by molar-refractivity contribution is 7.80. The summed E-state index contributed by atoms with van der Waals surface area (Å²) in [7, 11) is 1.55. The summed E-state index contributed by atoms with van der Waals surface area (Å²) in [6.45, 7) is 0. The molecule has 2 aromatic heterocycles. The van der Waals surface area contributed by atoms with Gasteiger partial charge in [0.25, 0.3) is 5.69 Å². The van der Waals surface area contributed by atoms with E-state index < -0.39 is 11.0 Å². The van der Waals surface area contributed by atoms with Crippen molar-refractivity contribution in [3.05, 3.63) is 106 Å². The summed E-state index contributed by atoms with van der Waals surface area (Å²) in [5.41, 5.74) is 1.87. The molecule has 10 heteroatoms. The number of methoxy groups -OCH3 is 1. The Morgan fingerprint density at radius 1 is 1.14 bits per heavy atom. The summed E-state index contributed by atoms with van der Waals surface area (Å²) in [4.78, 5) is 17.6. The molecule has 8 nitrogen and oxygen atoms in total. The molecule has 1 aliphatic heterocycles. The maximum absolute atomic E-state index is 11.6. The normalized spacial score (nSPS) is 17.3. The van der Waals surface area contributed by atoms with Crippen molar-refractivity contribution in [2.75, 3.05) is 12.0 Å². The molecule has 0 radical (unpaired) electrons. The van der Waals surface area contributed by atoms with Gasteiger partial charge in [-0.25, -0.2) is 0 Å². The Kier molecular flexibility index (Phi) is 6.10. The van der Waals surface area contributed by atoms with Crippen molar-refractivity contribution in [2.45, 2.75) is 12.1 Å². The molecule has 0 spiro atoms.